The molecule has 3 aromatic rings. The van der Waals surface area contributed by atoms with E-state index in [0.29, 0.717) is 5.69 Å². The maximum Gasteiger partial charge on any atom is 0.274 e. The highest BCUT2D eigenvalue weighted by Gasteiger charge is 2.24. The predicted molar refractivity (Wildman–Crippen MR) is 105 cm³/mol. The molecule has 0 unspecified atom stereocenters. The molecule has 1 aromatic carbocycles. The van der Waals surface area contributed by atoms with Crippen molar-refractivity contribution in [1.29, 1.82) is 0 Å². The Morgan fingerprint density at radius 1 is 1.07 bits per heavy atom. The van der Waals surface area contributed by atoms with Crippen molar-refractivity contribution < 1.29 is 4.79 Å². The highest BCUT2D eigenvalue weighted by Crippen LogP contribution is 2.27. The number of hydrogen-bond acceptors (Lipinski definition) is 5. The number of pyridine rings is 1. The monoisotopic (exact) mass is 376 g/mol. The van der Waals surface area contributed by atoms with Gasteiger partial charge < -0.3 is 11.1 Å². The first-order chi connectivity index (χ1) is 13.7. The van der Waals surface area contributed by atoms with Crippen LogP contribution in [0.1, 0.15) is 59.5 Å². The van der Waals surface area contributed by atoms with Crippen molar-refractivity contribution in [2.45, 2.75) is 43.8 Å². The molecule has 0 bridgehead atoms. The van der Waals surface area contributed by atoms with Crippen LogP contribution in [0.2, 0.25) is 0 Å². The summed E-state index contributed by atoms with van der Waals surface area (Å²) in [6, 6.07) is 15.6. The van der Waals surface area contributed by atoms with Gasteiger partial charge in [0, 0.05) is 12.2 Å². The maximum atomic E-state index is 12.9. The van der Waals surface area contributed by atoms with Crippen molar-refractivity contribution >= 4 is 5.91 Å². The zero-order valence-corrected chi connectivity index (χ0v) is 15.6. The van der Waals surface area contributed by atoms with Gasteiger partial charge in [0.05, 0.1) is 24.0 Å². The van der Waals surface area contributed by atoms with Crippen LogP contribution in [0.4, 0.5) is 0 Å². The average Bonchev–Trinajstić information content (AvgIpc) is 3.24. The van der Waals surface area contributed by atoms with Gasteiger partial charge in [-0.2, -0.15) is 0 Å². The number of aromatic nitrogens is 4. The van der Waals surface area contributed by atoms with Gasteiger partial charge in [0.25, 0.3) is 5.91 Å². The Morgan fingerprint density at radius 2 is 1.82 bits per heavy atom. The second-order valence-corrected chi connectivity index (χ2v) is 7.22. The quantitative estimate of drug-likeness (QED) is 0.713. The average molecular weight is 376 g/mol. The molecular weight excluding hydrogens is 352 g/mol. The number of rotatable bonds is 5. The van der Waals surface area contributed by atoms with Gasteiger partial charge in [0.1, 0.15) is 0 Å². The van der Waals surface area contributed by atoms with E-state index in [9.17, 15) is 4.79 Å². The molecule has 7 heteroatoms. The van der Waals surface area contributed by atoms with Gasteiger partial charge in [0.15, 0.2) is 5.69 Å². The number of benzene rings is 1. The molecule has 4 rings (SSSR count). The molecule has 1 aliphatic carbocycles. The zero-order chi connectivity index (χ0) is 19.3. The minimum Gasteiger partial charge on any atom is -0.338 e. The molecule has 7 nitrogen and oxygen atoms in total. The standard InChI is InChI=1S/C21H24N6O/c22-16-9-11-17(12-10-16)27-14-19(25-26-27)21(28)24-20(15-6-2-1-3-7-15)18-8-4-5-13-23-18/h1-8,13-14,16-17,20H,9-12,22H2,(H,24,28)/t16?,17?,20-/m0/s1. The lowest BCUT2D eigenvalue weighted by molar-refractivity contribution is 0.0937. The SMILES string of the molecule is NC1CCC(n2cc(C(=O)N[C@@H](c3ccccc3)c3ccccn3)nn2)CC1. The topological polar surface area (TPSA) is 98.7 Å². The lowest BCUT2D eigenvalue weighted by Gasteiger charge is -2.25. The second kappa shape index (κ2) is 8.31. The van der Waals surface area contributed by atoms with Gasteiger partial charge >= 0.3 is 0 Å². The van der Waals surface area contributed by atoms with Crippen molar-refractivity contribution in [2.75, 3.05) is 0 Å². The minimum absolute atomic E-state index is 0.259. The molecular formula is C21H24N6O. The Balaban J connectivity index is 1.52. The predicted octanol–water partition coefficient (Wildman–Crippen LogP) is 2.63. The molecule has 1 fully saturated rings. The first kappa shape index (κ1) is 18.3. The largest absolute Gasteiger partial charge is 0.338 e. The fourth-order valence-electron chi connectivity index (χ4n) is 3.65. The van der Waals surface area contributed by atoms with Crippen molar-refractivity contribution in [1.82, 2.24) is 25.3 Å². The van der Waals surface area contributed by atoms with Gasteiger partial charge in [-0.25, -0.2) is 4.68 Å². The van der Waals surface area contributed by atoms with Crippen LogP contribution < -0.4 is 11.1 Å². The Morgan fingerprint density at radius 3 is 2.54 bits per heavy atom. The third-order valence-electron chi connectivity index (χ3n) is 5.25. The van der Waals surface area contributed by atoms with E-state index in [1.807, 2.05) is 48.5 Å². The van der Waals surface area contributed by atoms with Crippen molar-refractivity contribution in [3.05, 3.63) is 77.9 Å². The Kier molecular flexibility index (Phi) is 5.43. The third kappa shape index (κ3) is 4.09. The number of hydrogen-bond donors (Lipinski definition) is 2. The number of nitrogens with one attached hydrogen (secondary N) is 1. The smallest absolute Gasteiger partial charge is 0.274 e. The molecule has 28 heavy (non-hydrogen) atoms. The summed E-state index contributed by atoms with van der Waals surface area (Å²) >= 11 is 0. The number of carbonyl (C=O) groups excluding carboxylic acids is 1. The van der Waals surface area contributed by atoms with Gasteiger partial charge in [-0.05, 0) is 43.4 Å². The van der Waals surface area contributed by atoms with Gasteiger partial charge in [-0.3, -0.25) is 9.78 Å². The van der Waals surface area contributed by atoms with Crippen LogP contribution in [0.5, 0.6) is 0 Å². The van der Waals surface area contributed by atoms with Crippen LogP contribution in [0.25, 0.3) is 0 Å². The molecule has 0 saturated heterocycles. The highest BCUT2D eigenvalue weighted by atomic mass is 16.2. The number of amides is 1. The van der Waals surface area contributed by atoms with Crippen molar-refractivity contribution in [3.63, 3.8) is 0 Å². The van der Waals surface area contributed by atoms with Gasteiger partial charge in [0.2, 0.25) is 0 Å². The highest BCUT2D eigenvalue weighted by molar-refractivity contribution is 5.92. The Hall–Kier alpha value is -3.06. The first-order valence-corrected chi connectivity index (χ1v) is 9.65. The van der Waals surface area contributed by atoms with E-state index in [0.717, 1.165) is 36.9 Å². The molecule has 0 aliphatic heterocycles. The maximum absolute atomic E-state index is 12.9. The molecule has 0 spiro atoms. The van der Waals surface area contributed by atoms with Crippen LogP contribution >= 0.6 is 0 Å². The molecule has 3 N–H and O–H groups in total. The fraction of sp³-hybridized carbons (Fsp3) is 0.333. The van der Waals surface area contributed by atoms with Crippen molar-refractivity contribution in [2.24, 2.45) is 5.73 Å². The Labute approximate surface area is 164 Å². The fourth-order valence-corrected chi connectivity index (χ4v) is 3.65. The summed E-state index contributed by atoms with van der Waals surface area (Å²) in [7, 11) is 0. The van der Waals surface area contributed by atoms with E-state index in [2.05, 4.69) is 20.6 Å². The first-order valence-electron chi connectivity index (χ1n) is 9.65. The van der Waals surface area contributed by atoms with E-state index in [4.69, 9.17) is 5.73 Å². The van der Waals surface area contributed by atoms with E-state index in [-0.39, 0.29) is 24.0 Å². The van der Waals surface area contributed by atoms with E-state index < -0.39 is 0 Å². The van der Waals surface area contributed by atoms with E-state index >= 15 is 0 Å². The summed E-state index contributed by atoms with van der Waals surface area (Å²) in [6.45, 7) is 0. The van der Waals surface area contributed by atoms with E-state index in [1.165, 1.54) is 0 Å². The summed E-state index contributed by atoms with van der Waals surface area (Å²) in [5.74, 6) is -0.265. The van der Waals surface area contributed by atoms with Crippen LogP contribution in [-0.4, -0.2) is 31.9 Å². The molecule has 1 aliphatic rings. The molecule has 1 amide bonds. The molecule has 2 heterocycles. The number of carbonyl (C=O) groups is 1. The van der Waals surface area contributed by atoms with Crippen molar-refractivity contribution in [3.8, 4) is 0 Å². The lowest BCUT2D eigenvalue weighted by Crippen LogP contribution is -2.30. The molecule has 144 valence electrons. The zero-order valence-electron chi connectivity index (χ0n) is 15.6. The molecule has 1 saturated carbocycles. The van der Waals surface area contributed by atoms with Crippen LogP contribution in [-0.2, 0) is 0 Å². The van der Waals surface area contributed by atoms with Gasteiger partial charge in [-0.1, -0.05) is 41.6 Å². The lowest BCUT2D eigenvalue weighted by atomic mass is 9.92. The summed E-state index contributed by atoms with van der Waals surface area (Å²) in [6.07, 6.45) is 7.33. The summed E-state index contributed by atoms with van der Waals surface area (Å²) in [4.78, 5) is 17.3. The van der Waals surface area contributed by atoms with Gasteiger partial charge in [-0.15, -0.1) is 5.10 Å². The molecule has 2 aromatic heterocycles. The number of nitrogens with zero attached hydrogens (tertiary/aromatic N) is 4. The Bertz CT molecular complexity index is 863. The van der Waals surface area contributed by atoms with Crippen LogP contribution in [0.3, 0.4) is 0 Å². The number of nitrogens with two attached hydrogens (primary N) is 1. The normalized spacial score (nSPS) is 20.5. The minimum atomic E-state index is -0.354. The van der Waals surface area contributed by atoms with Crippen LogP contribution in [0.15, 0.2) is 60.9 Å². The summed E-state index contributed by atoms with van der Waals surface area (Å²) < 4.78 is 1.80. The second-order valence-electron chi connectivity index (χ2n) is 7.22. The summed E-state index contributed by atoms with van der Waals surface area (Å²) in [5.41, 5.74) is 8.03. The van der Waals surface area contributed by atoms with Crippen LogP contribution in [0, 0.1) is 0 Å². The summed E-state index contributed by atoms with van der Waals surface area (Å²) in [5, 5.41) is 11.3. The molecule has 0 radical (unpaired) electrons. The third-order valence-corrected chi connectivity index (χ3v) is 5.25. The van der Waals surface area contributed by atoms with E-state index in [1.54, 1.807) is 17.1 Å². The molecule has 1 atom stereocenters.